The van der Waals surface area contributed by atoms with Crippen molar-refractivity contribution in [1.29, 1.82) is 0 Å². The van der Waals surface area contributed by atoms with Gasteiger partial charge in [-0.15, -0.1) is 12.6 Å². The van der Waals surface area contributed by atoms with Crippen LogP contribution in [0.15, 0.2) is 23.6 Å². The van der Waals surface area contributed by atoms with Crippen LogP contribution in [0.3, 0.4) is 0 Å². The van der Waals surface area contributed by atoms with E-state index in [1.807, 2.05) is 0 Å². The molecule has 0 bridgehead atoms. The first-order valence-electron chi connectivity index (χ1n) is 3.84. The zero-order valence-electron chi connectivity index (χ0n) is 7.24. The van der Waals surface area contributed by atoms with Crippen LogP contribution in [-0.2, 0) is 0 Å². The van der Waals surface area contributed by atoms with Crippen LogP contribution < -0.4 is 11.5 Å². The van der Waals surface area contributed by atoms with E-state index in [9.17, 15) is 8.78 Å². The number of nitrogen functional groups attached to an aromatic ring is 1. The molecule has 0 radical (unpaired) electrons. The zero-order valence-corrected chi connectivity index (χ0v) is 8.14. The molecule has 0 fully saturated rings. The van der Waals surface area contributed by atoms with Gasteiger partial charge in [0.1, 0.15) is 0 Å². The van der Waals surface area contributed by atoms with Gasteiger partial charge in [0, 0.05) is 16.9 Å². The summed E-state index contributed by atoms with van der Waals surface area (Å²) in [5, 5.41) is 1.35. The van der Waals surface area contributed by atoms with Gasteiger partial charge >= 0.3 is 0 Å². The largest absolute Gasteiger partial charge is 0.398 e. The summed E-state index contributed by atoms with van der Waals surface area (Å²) in [6, 6.07) is 4.24. The molecule has 0 heterocycles. The molecule has 1 aromatic carbocycles. The molecule has 1 aromatic rings. The number of rotatable bonds is 2. The Morgan fingerprint density at radius 1 is 1.43 bits per heavy atom. The minimum atomic E-state index is -2.59. The van der Waals surface area contributed by atoms with Gasteiger partial charge in [0.05, 0.1) is 0 Å². The third kappa shape index (κ3) is 2.17. The van der Waals surface area contributed by atoms with Crippen molar-refractivity contribution in [2.75, 3.05) is 5.73 Å². The van der Waals surface area contributed by atoms with E-state index < -0.39 is 6.43 Å². The second kappa shape index (κ2) is 4.32. The van der Waals surface area contributed by atoms with E-state index in [-0.39, 0.29) is 11.3 Å². The maximum Gasteiger partial charge on any atom is 0.265 e. The van der Waals surface area contributed by atoms with E-state index in [4.69, 9.17) is 11.5 Å². The fourth-order valence-corrected chi connectivity index (χ4v) is 1.17. The van der Waals surface area contributed by atoms with Gasteiger partial charge in [-0.05, 0) is 23.1 Å². The lowest BCUT2D eigenvalue weighted by molar-refractivity contribution is 0.152. The van der Waals surface area contributed by atoms with Crippen molar-refractivity contribution in [2.24, 2.45) is 5.73 Å². The van der Waals surface area contributed by atoms with E-state index in [0.29, 0.717) is 11.3 Å². The summed E-state index contributed by atoms with van der Waals surface area (Å²) in [5.74, 6) is 0. The summed E-state index contributed by atoms with van der Waals surface area (Å²) >= 11 is 3.83. The topological polar surface area (TPSA) is 52.0 Å². The summed E-state index contributed by atoms with van der Waals surface area (Å²) in [6.45, 7) is 0. The summed E-state index contributed by atoms with van der Waals surface area (Å²) in [4.78, 5) is 0. The van der Waals surface area contributed by atoms with Crippen LogP contribution >= 0.6 is 12.6 Å². The minimum absolute atomic E-state index is 0.0655. The third-order valence-electron chi connectivity index (χ3n) is 1.79. The highest BCUT2D eigenvalue weighted by Gasteiger charge is 2.12. The average Bonchev–Trinajstić information content (AvgIpc) is 2.17. The Hall–Kier alpha value is -1.23. The van der Waals surface area contributed by atoms with Gasteiger partial charge in [-0.2, -0.15) is 0 Å². The van der Waals surface area contributed by atoms with Crippen molar-refractivity contribution >= 4 is 24.0 Å². The molecule has 5 heteroatoms. The van der Waals surface area contributed by atoms with Crippen LogP contribution in [0.2, 0.25) is 0 Å². The molecule has 0 unspecified atom stereocenters. The second-order valence-electron chi connectivity index (χ2n) is 2.73. The summed E-state index contributed by atoms with van der Waals surface area (Å²) in [6.07, 6.45) is -2.59. The standard InChI is InChI=1S/C9H10F2N2S/c10-9(11)6-3-5(8(13)4-14)1-2-7(6)12/h1-4,9,14H,12-13H2/b8-4-. The molecular weight excluding hydrogens is 206 g/mol. The number of hydrogen-bond donors (Lipinski definition) is 3. The van der Waals surface area contributed by atoms with Crippen LogP contribution in [0.5, 0.6) is 0 Å². The molecule has 0 atom stereocenters. The first kappa shape index (κ1) is 10.8. The first-order chi connectivity index (χ1) is 6.56. The molecule has 0 aliphatic rings. The highest BCUT2D eigenvalue weighted by atomic mass is 32.1. The molecule has 0 saturated carbocycles. The van der Waals surface area contributed by atoms with Gasteiger partial charge in [0.25, 0.3) is 6.43 Å². The maximum atomic E-state index is 12.4. The number of alkyl halides is 2. The first-order valence-corrected chi connectivity index (χ1v) is 4.35. The van der Waals surface area contributed by atoms with Crippen LogP contribution in [-0.4, -0.2) is 0 Å². The van der Waals surface area contributed by atoms with E-state index in [0.717, 1.165) is 0 Å². The number of halogens is 2. The maximum absolute atomic E-state index is 12.4. The van der Waals surface area contributed by atoms with E-state index in [2.05, 4.69) is 12.6 Å². The SMILES string of the molecule is N/C(=C\S)c1ccc(N)c(C(F)F)c1. The lowest BCUT2D eigenvalue weighted by atomic mass is 10.1. The molecular formula is C9H10F2N2S. The fourth-order valence-electron chi connectivity index (χ4n) is 1.02. The molecule has 0 aromatic heterocycles. The predicted octanol–water partition coefficient (Wildman–Crippen LogP) is 2.39. The number of benzene rings is 1. The van der Waals surface area contributed by atoms with Crippen molar-refractivity contribution in [3.63, 3.8) is 0 Å². The van der Waals surface area contributed by atoms with Gasteiger partial charge < -0.3 is 11.5 Å². The summed E-state index contributed by atoms with van der Waals surface area (Å²) in [5.41, 5.74) is 11.6. The average molecular weight is 216 g/mol. The number of anilines is 1. The predicted molar refractivity (Wildman–Crippen MR) is 57.0 cm³/mol. The Balaban J connectivity index is 3.19. The molecule has 4 N–H and O–H groups in total. The Morgan fingerprint density at radius 3 is 2.57 bits per heavy atom. The molecule has 76 valence electrons. The van der Waals surface area contributed by atoms with Crippen molar-refractivity contribution in [1.82, 2.24) is 0 Å². The fraction of sp³-hybridized carbons (Fsp3) is 0.111. The van der Waals surface area contributed by atoms with Crippen molar-refractivity contribution < 1.29 is 8.78 Å². The van der Waals surface area contributed by atoms with Gasteiger partial charge in [-0.25, -0.2) is 8.78 Å². The van der Waals surface area contributed by atoms with E-state index >= 15 is 0 Å². The van der Waals surface area contributed by atoms with Crippen molar-refractivity contribution in [3.8, 4) is 0 Å². The summed E-state index contributed by atoms with van der Waals surface area (Å²) < 4.78 is 24.8. The highest BCUT2D eigenvalue weighted by molar-refractivity contribution is 7.83. The van der Waals surface area contributed by atoms with Gasteiger partial charge in [0.2, 0.25) is 0 Å². The second-order valence-corrected chi connectivity index (χ2v) is 2.99. The molecule has 0 aliphatic heterocycles. The highest BCUT2D eigenvalue weighted by Crippen LogP contribution is 2.27. The molecule has 0 aliphatic carbocycles. The number of thiol groups is 1. The van der Waals surface area contributed by atoms with E-state index in [1.165, 1.54) is 17.5 Å². The van der Waals surface area contributed by atoms with Crippen molar-refractivity contribution in [3.05, 3.63) is 34.7 Å². The number of hydrogen-bond acceptors (Lipinski definition) is 3. The molecule has 0 amide bonds. The normalized spacial score (nSPS) is 12.1. The van der Waals surface area contributed by atoms with Gasteiger partial charge in [0.15, 0.2) is 0 Å². The van der Waals surface area contributed by atoms with Gasteiger partial charge in [-0.1, -0.05) is 6.07 Å². The molecule has 0 spiro atoms. The Kier molecular flexibility index (Phi) is 3.35. The molecule has 0 saturated heterocycles. The Labute approximate surface area is 86.0 Å². The smallest absolute Gasteiger partial charge is 0.265 e. The quantitative estimate of drug-likeness (QED) is 0.525. The lowest BCUT2D eigenvalue weighted by Crippen LogP contribution is -2.00. The van der Waals surface area contributed by atoms with Crippen molar-refractivity contribution in [2.45, 2.75) is 6.43 Å². The molecule has 2 nitrogen and oxygen atoms in total. The zero-order chi connectivity index (χ0) is 10.7. The van der Waals surface area contributed by atoms with E-state index in [1.54, 1.807) is 6.07 Å². The Morgan fingerprint density at radius 2 is 2.07 bits per heavy atom. The van der Waals surface area contributed by atoms with Crippen LogP contribution in [0.25, 0.3) is 5.70 Å². The van der Waals surface area contributed by atoms with Crippen LogP contribution in [0.4, 0.5) is 14.5 Å². The monoisotopic (exact) mass is 216 g/mol. The molecule has 1 rings (SSSR count). The third-order valence-corrected chi connectivity index (χ3v) is 2.07. The Bertz CT molecular complexity index is 364. The van der Waals surface area contributed by atoms with Crippen LogP contribution in [0, 0.1) is 0 Å². The minimum Gasteiger partial charge on any atom is -0.398 e. The lowest BCUT2D eigenvalue weighted by Gasteiger charge is -2.07. The number of nitrogens with two attached hydrogens (primary N) is 2. The summed E-state index contributed by atoms with van der Waals surface area (Å²) in [7, 11) is 0. The van der Waals surface area contributed by atoms with Crippen LogP contribution in [0.1, 0.15) is 17.6 Å². The van der Waals surface area contributed by atoms with Gasteiger partial charge in [-0.3, -0.25) is 0 Å². The molecule has 14 heavy (non-hydrogen) atoms.